The van der Waals surface area contributed by atoms with Crippen molar-refractivity contribution in [3.63, 3.8) is 0 Å². The first-order valence-corrected chi connectivity index (χ1v) is 8.10. The minimum absolute atomic E-state index is 0.260. The van der Waals surface area contributed by atoms with E-state index in [2.05, 4.69) is 15.4 Å². The number of pyridine rings is 1. The fourth-order valence-corrected chi connectivity index (χ4v) is 2.66. The van der Waals surface area contributed by atoms with Crippen molar-refractivity contribution in [2.45, 2.75) is 0 Å². The van der Waals surface area contributed by atoms with Crippen molar-refractivity contribution in [1.82, 2.24) is 14.6 Å². The number of ether oxygens (including phenoxy) is 1. The molecule has 4 aromatic rings. The Bertz CT molecular complexity index is 1060. The molecule has 0 aliphatic rings. The zero-order chi connectivity index (χ0) is 17.9. The van der Waals surface area contributed by atoms with E-state index in [9.17, 15) is 4.79 Å². The molecule has 0 spiro atoms. The molecule has 4 rings (SSSR count). The van der Waals surface area contributed by atoms with Crippen LogP contribution in [0.1, 0.15) is 10.4 Å². The normalized spacial score (nSPS) is 10.7. The summed E-state index contributed by atoms with van der Waals surface area (Å²) < 4.78 is 6.73. The maximum Gasteiger partial charge on any atom is 0.258 e. The van der Waals surface area contributed by atoms with Crippen LogP contribution in [0.15, 0.2) is 72.9 Å². The van der Waals surface area contributed by atoms with E-state index in [1.165, 1.54) is 0 Å². The van der Waals surface area contributed by atoms with Gasteiger partial charge in [0, 0.05) is 11.8 Å². The van der Waals surface area contributed by atoms with E-state index < -0.39 is 0 Å². The molecule has 0 saturated heterocycles. The first kappa shape index (κ1) is 15.8. The molecule has 0 saturated carbocycles. The summed E-state index contributed by atoms with van der Waals surface area (Å²) >= 11 is 0. The number of methoxy groups -OCH3 is 1. The lowest BCUT2D eigenvalue weighted by atomic mass is 10.1. The Morgan fingerprint density at radius 3 is 2.50 bits per heavy atom. The number of rotatable bonds is 4. The molecule has 2 aromatic carbocycles. The van der Waals surface area contributed by atoms with Crippen LogP contribution in [0.3, 0.4) is 0 Å². The third kappa shape index (κ3) is 3.12. The first-order valence-electron chi connectivity index (χ1n) is 8.10. The van der Waals surface area contributed by atoms with Crippen LogP contribution >= 0.6 is 0 Å². The lowest BCUT2D eigenvalue weighted by molar-refractivity contribution is 0.102. The van der Waals surface area contributed by atoms with Crippen molar-refractivity contribution in [1.29, 1.82) is 0 Å². The van der Waals surface area contributed by atoms with Crippen LogP contribution in [0.4, 0.5) is 5.95 Å². The third-order valence-corrected chi connectivity index (χ3v) is 4.02. The van der Waals surface area contributed by atoms with E-state index in [0.29, 0.717) is 17.0 Å². The van der Waals surface area contributed by atoms with Crippen LogP contribution in [0.25, 0.3) is 16.8 Å². The predicted octanol–water partition coefficient (Wildman–Crippen LogP) is 3.66. The summed E-state index contributed by atoms with van der Waals surface area (Å²) in [4.78, 5) is 16.7. The highest BCUT2D eigenvalue weighted by molar-refractivity contribution is 6.03. The monoisotopic (exact) mass is 344 g/mol. The van der Waals surface area contributed by atoms with E-state index in [0.717, 1.165) is 11.1 Å². The summed E-state index contributed by atoms with van der Waals surface area (Å²) in [5.41, 5.74) is 3.31. The van der Waals surface area contributed by atoms with Gasteiger partial charge in [-0.15, -0.1) is 5.10 Å². The van der Waals surface area contributed by atoms with E-state index in [1.807, 2.05) is 48.7 Å². The number of hydrogen-bond acceptors (Lipinski definition) is 4. The summed E-state index contributed by atoms with van der Waals surface area (Å²) in [6.07, 6.45) is 1.83. The largest absolute Gasteiger partial charge is 0.497 e. The van der Waals surface area contributed by atoms with Crippen LogP contribution in [0.5, 0.6) is 5.75 Å². The Hall–Kier alpha value is -3.67. The lowest BCUT2D eigenvalue weighted by Gasteiger charge is -2.02. The smallest absolute Gasteiger partial charge is 0.258 e. The molecule has 2 heterocycles. The van der Waals surface area contributed by atoms with E-state index in [1.54, 1.807) is 35.9 Å². The number of benzene rings is 2. The average molecular weight is 344 g/mol. The number of anilines is 1. The third-order valence-electron chi connectivity index (χ3n) is 4.02. The molecule has 1 amide bonds. The minimum atomic E-state index is -0.271. The van der Waals surface area contributed by atoms with Gasteiger partial charge in [0.2, 0.25) is 5.95 Å². The molecule has 0 bridgehead atoms. The highest BCUT2D eigenvalue weighted by atomic mass is 16.5. The van der Waals surface area contributed by atoms with Crippen molar-refractivity contribution < 1.29 is 9.53 Å². The van der Waals surface area contributed by atoms with Gasteiger partial charge in [0.1, 0.15) is 5.75 Å². The molecule has 6 heteroatoms. The van der Waals surface area contributed by atoms with Crippen LogP contribution in [0, 0.1) is 0 Å². The summed E-state index contributed by atoms with van der Waals surface area (Å²) in [5.74, 6) is 0.684. The average Bonchev–Trinajstić information content (AvgIpc) is 3.10. The highest BCUT2D eigenvalue weighted by Crippen LogP contribution is 2.20. The molecule has 1 N–H and O–H groups in total. The van der Waals surface area contributed by atoms with Crippen molar-refractivity contribution in [3.8, 4) is 16.9 Å². The van der Waals surface area contributed by atoms with Crippen molar-refractivity contribution in [2.24, 2.45) is 0 Å². The maximum atomic E-state index is 12.3. The number of aromatic nitrogens is 3. The predicted molar refractivity (Wildman–Crippen MR) is 99.4 cm³/mol. The highest BCUT2D eigenvalue weighted by Gasteiger charge is 2.11. The minimum Gasteiger partial charge on any atom is -0.497 e. The van der Waals surface area contributed by atoms with Gasteiger partial charge in [-0.05, 0) is 47.5 Å². The summed E-state index contributed by atoms with van der Waals surface area (Å²) in [5, 5.41) is 7.02. The number of fused-ring (bicyclic) bond motifs is 1. The summed E-state index contributed by atoms with van der Waals surface area (Å²) in [6.45, 7) is 0. The van der Waals surface area contributed by atoms with Crippen molar-refractivity contribution >= 4 is 17.5 Å². The number of nitrogens with one attached hydrogen (secondary N) is 1. The molecular weight excluding hydrogens is 328 g/mol. The van der Waals surface area contributed by atoms with Gasteiger partial charge >= 0.3 is 0 Å². The van der Waals surface area contributed by atoms with E-state index >= 15 is 0 Å². The van der Waals surface area contributed by atoms with Crippen LogP contribution < -0.4 is 10.1 Å². The molecule has 6 nitrogen and oxygen atoms in total. The maximum absolute atomic E-state index is 12.3. The second-order valence-electron chi connectivity index (χ2n) is 5.70. The molecular formula is C20H16N4O2. The fourth-order valence-electron chi connectivity index (χ4n) is 2.66. The SMILES string of the molecule is COc1ccc(C(=O)Nc2nc3cc(-c4ccccc4)ccn3n2)cc1. The summed E-state index contributed by atoms with van der Waals surface area (Å²) in [7, 11) is 1.58. The molecule has 0 unspecified atom stereocenters. The molecule has 26 heavy (non-hydrogen) atoms. The van der Waals surface area contributed by atoms with E-state index in [4.69, 9.17) is 4.74 Å². The van der Waals surface area contributed by atoms with Crippen LogP contribution in [-0.4, -0.2) is 27.6 Å². The van der Waals surface area contributed by atoms with Gasteiger partial charge in [-0.3, -0.25) is 10.1 Å². The number of hydrogen-bond donors (Lipinski definition) is 1. The van der Waals surface area contributed by atoms with Gasteiger partial charge in [0.15, 0.2) is 5.65 Å². The molecule has 0 fully saturated rings. The van der Waals surface area contributed by atoms with Crippen molar-refractivity contribution in [3.05, 3.63) is 78.5 Å². The quantitative estimate of drug-likeness (QED) is 0.613. The second kappa shape index (κ2) is 6.68. The van der Waals surface area contributed by atoms with Crippen molar-refractivity contribution in [2.75, 3.05) is 12.4 Å². The van der Waals surface area contributed by atoms with Gasteiger partial charge in [-0.1, -0.05) is 30.3 Å². The molecule has 0 radical (unpaired) electrons. The van der Waals surface area contributed by atoms with E-state index in [-0.39, 0.29) is 11.9 Å². The topological polar surface area (TPSA) is 68.5 Å². The molecule has 0 atom stereocenters. The number of amides is 1. The Morgan fingerprint density at radius 2 is 1.77 bits per heavy atom. The van der Waals surface area contributed by atoms with Crippen LogP contribution in [0.2, 0.25) is 0 Å². The van der Waals surface area contributed by atoms with Gasteiger partial charge < -0.3 is 4.74 Å². The Morgan fingerprint density at radius 1 is 1.00 bits per heavy atom. The Balaban J connectivity index is 1.58. The number of carbonyl (C=O) groups is 1. The molecule has 0 aliphatic carbocycles. The Labute approximate surface area is 150 Å². The number of nitrogens with zero attached hydrogens (tertiary/aromatic N) is 3. The Kier molecular flexibility index (Phi) is 4.07. The standard InChI is InChI=1S/C20H16N4O2/c1-26-17-9-7-15(8-10-17)19(25)22-20-21-18-13-16(11-12-24(18)23-20)14-5-3-2-4-6-14/h2-13H,1H3,(H,22,23,25). The lowest BCUT2D eigenvalue weighted by Crippen LogP contribution is -2.12. The zero-order valence-corrected chi connectivity index (χ0v) is 14.1. The molecule has 128 valence electrons. The first-order chi connectivity index (χ1) is 12.7. The second-order valence-corrected chi connectivity index (χ2v) is 5.70. The molecule has 0 aliphatic heterocycles. The van der Waals surface area contributed by atoms with Gasteiger partial charge in [-0.25, -0.2) is 4.52 Å². The number of carbonyl (C=O) groups excluding carboxylic acids is 1. The van der Waals surface area contributed by atoms with Gasteiger partial charge in [0.25, 0.3) is 5.91 Å². The van der Waals surface area contributed by atoms with Crippen LogP contribution in [-0.2, 0) is 0 Å². The van der Waals surface area contributed by atoms with Gasteiger partial charge in [0.05, 0.1) is 7.11 Å². The fraction of sp³-hybridized carbons (Fsp3) is 0.0500. The van der Waals surface area contributed by atoms with Gasteiger partial charge in [-0.2, -0.15) is 4.98 Å². The summed E-state index contributed by atoms with van der Waals surface area (Å²) in [6, 6.07) is 20.8. The zero-order valence-electron chi connectivity index (χ0n) is 14.1. The molecule has 2 aromatic heterocycles.